The molecule has 4 nitrogen and oxygen atoms in total. The molecule has 1 saturated heterocycles. The Balaban J connectivity index is 1.99. The summed E-state index contributed by atoms with van der Waals surface area (Å²) in [7, 11) is 0. The number of carbonyl (C=O) groups excluding carboxylic acids is 1. The van der Waals surface area contributed by atoms with Crippen molar-refractivity contribution in [1.82, 2.24) is 5.32 Å². The van der Waals surface area contributed by atoms with Crippen LogP contribution in [0.15, 0.2) is 18.2 Å². The monoisotopic (exact) mass is 268 g/mol. The molecule has 3 N–H and O–H groups in total. The Morgan fingerprint density at radius 1 is 1.39 bits per heavy atom. The van der Waals surface area contributed by atoms with Crippen LogP contribution < -0.4 is 10.6 Å². The first-order valence-corrected chi connectivity index (χ1v) is 6.57. The van der Waals surface area contributed by atoms with E-state index in [1.165, 1.54) is 12.5 Å². The van der Waals surface area contributed by atoms with Gasteiger partial charge in [0.15, 0.2) is 0 Å². The molecular weight excluding hydrogens is 252 g/mol. The van der Waals surface area contributed by atoms with Crippen molar-refractivity contribution in [2.75, 3.05) is 11.9 Å². The maximum atomic E-state index is 12.0. The number of nitrogens with one attached hydrogen (secondary N) is 2. The fourth-order valence-electron chi connectivity index (χ4n) is 2.07. The predicted molar refractivity (Wildman–Crippen MR) is 72.0 cm³/mol. The highest BCUT2D eigenvalue weighted by Gasteiger charge is 2.19. The summed E-state index contributed by atoms with van der Waals surface area (Å²) in [6.45, 7) is 0.883. The highest BCUT2D eigenvalue weighted by Crippen LogP contribution is 2.26. The molecule has 1 amide bonds. The molecule has 5 heteroatoms. The Morgan fingerprint density at radius 3 is 3.00 bits per heavy atom. The van der Waals surface area contributed by atoms with Crippen molar-refractivity contribution in [2.45, 2.75) is 31.7 Å². The van der Waals surface area contributed by atoms with Gasteiger partial charge >= 0.3 is 0 Å². The highest BCUT2D eigenvalue weighted by molar-refractivity contribution is 6.32. The quantitative estimate of drug-likeness (QED) is 0.723. The molecule has 0 saturated carbocycles. The minimum atomic E-state index is -0.139. The number of amides is 1. The second-order valence-electron chi connectivity index (χ2n) is 4.51. The number of benzene rings is 1. The Labute approximate surface area is 111 Å². The molecule has 1 aliphatic rings. The summed E-state index contributed by atoms with van der Waals surface area (Å²) in [6.07, 6.45) is 4.22. The number of hydrogen-bond donors (Lipinski definition) is 3. The molecule has 1 aliphatic heterocycles. The number of phenolic OH excluding ortho intramolecular Hbond substituents is 1. The van der Waals surface area contributed by atoms with Gasteiger partial charge in [0.2, 0.25) is 5.91 Å². The number of aromatic hydroxyl groups is 1. The summed E-state index contributed by atoms with van der Waals surface area (Å²) in [6, 6.07) is 4.51. The van der Waals surface area contributed by atoms with E-state index in [0.29, 0.717) is 5.69 Å². The summed E-state index contributed by atoms with van der Waals surface area (Å²) in [5, 5.41) is 15.6. The minimum absolute atomic E-state index is 0.0160. The second-order valence-corrected chi connectivity index (χ2v) is 4.92. The zero-order chi connectivity index (χ0) is 13.0. The molecule has 1 unspecified atom stereocenters. The fraction of sp³-hybridized carbons (Fsp3) is 0.462. The Kier molecular flexibility index (Phi) is 4.44. The van der Waals surface area contributed by atoms with Crippen LogP contribution in [0, 0.1) is 0 Å². The van der Waals surface area contributed by atoms with Crippen LogP contribution in [-0.4, -0.2) is 23.6 Å². The number of phenols is 1. The topological polar surface area (TPSA) is 61.4 Å². The SMILES string of the molecule is O=C(Nc1ccc(O)c(Cl)c1)C1CCCCCN1. The van der Waals surface area contributed by atoms with E-state index in [4.69, 9.17) is 11.6 Å². The van der Waals surface area contributed by atoms with Crippen LogP contribution in [0.5, 0.6) is 5.75 Å². The van der Waals surface area contributed by atoms with Gasteiger partial charge in [-0.1, -0.05) is 24.4 Å². The molecule has 1 atom stereocenters. The first kappa shape index (κ1) is 13.2. The molecule has 98 valence electrons. The van der Waals surface area contributed by atoms with E-state index in [-0.39, 0.29) is 22.7 Å². The van der Waals surface area contributed by atoms with Crippen molar-refractivity contribution >= 4 is 23.2 Å². The van der Waals surface area contributed by atoms with Gasteiger partial charge in [0.25, 0.3) is 0 Å². The molecule has 1 fully saturated rings. The van der Waals surface area contributed by atoms with Crippen molar-refractivity contribution in [1.29, 1.82) is 0 Å². The lowest BCUT2D eigenvalue weighted by Gasteiger charge is -2.15. The summed E-state index contributed by atoms with van der Waals surface area (Å²) < 4.78 is 0. The molecule has 1 aromatic carbocycles. The largest absolute Gasteiger partial charge is 0.506 e. The van der Waals surface area contributed by atoms with Crippen LogP contribution in [0.25, 0.3) is 0 Å². The van der Waals surface area contributed by atoms with E-state index >= 15 is 0 Å². The Morgan fingerprint density at radius 2 is 2.22 bits per heavy atom. The number of halogens is 1. The van der Waals surface area contributed by atoms with Gasteiger partial charge in [-0.05, 0) is 37.6 Å². The smallest absolute Gasteiger partial charge is 0.241 e. The van der Waals surface area contributed by atoms with E-state index < -0.39 is 0 Å². The van der Waals surface area contributed by atoms with Crippen LogP contribution >= 0.6 is 11.6 Å². The van der Waals surface area contributed by atoms with E-state index in [0.717, 1.165) is 25.8 Å². The van der Waals surface area contributed by atoms with Crippen LogP contribution in [-0.2, 0) is 4.79 Å². The molecule has 0 radical (unpaired) electrons. The number of anilines is 1. The molecule has 0 aliphatic carbocycles. The lowest BCUT2D eigenvalue weighted by atomic mass is 10.1. The molecule has 1 heterocycles. The maximum absolute atomic E-state index is 12.0. The van der Waals surface area contributed by atoms with E-state index in [1.54, 1.807) is 12.1 Å². The average Bonchev–Trinajstić information content (AvgIpc) is 2.62. The molecule has 1 aromatic rings. The Hall–Kier alpha value is -1.26. The first-order chi connectivity index (χ1) is 8.66. The number of hydrogen-bond acceptors (Lipinski definition) is 3. The van der Waals surface area contributed by atoms with Crippen LogP contribution in [0.2, 0.25) is 5.02 Å². The van der Waals surface area contributed by atoms with Gasteiger partial charge in [0.1, 0.15) is 5.75 Å². The highest BCUT2D eigenvalue weighted by atomic mass is 35.5. The molecule has 0 bridgehead atoms. The van der Waals surface area contributed by atoms with Gasteiger partial charge in [-0.15, -0.1) is 0 Å². The standard InChI is InChI=1S/C13H17ClN2O2/c14-10-8-9(5-6-12(10)17)16-13(18)11-4-2-1-3-7-15-11/h5-6,8,11,15,17H,1-4,7H2,(H,16,18). The van der Waals surface area contributed by atoms with Gasteiger partial charge in [0.05, 0.1) is 11.1 Å². The zero-order valence-electron chi connectivity index (χ0n) is 10.1. The summed E-state index contributed by atoms with van der Waals surface area (Å²) in [4.78, 5) is 12.0. The lowest BCUT2D eigenvalue weighted by molar-refractivity contribution is -0.118. The third-order valence-electron chi connectivity index (χ3n) is 3.09. The van der Waals surface area contributed by atoms with Crippen molar-refractivity contribution in [3.8, 4) is 5.75 Å². The maximum Gasteiger partial charge on any atom is 0.241 e. The van der Waals surface area contributed by atoms with Crippen LogP contribution in [0.3, 0.4) is 0 Å². The lowest BCUT2D eigenvalue weighted by Crippen LogP contribution is -2.39. The molecule has 0 aromatic heterocycles. The summed E-state index contributed by atoms with van der Waals surface area (Å²) in [5.74, 6) is -0.0269. The Bertz CT molecular complexity index is 429. The second kappa shape index (κ2) is 6.07. The molecule has 18 heavy (non-hydrogen) atoms. The van der Waals surface area contributed by atoms with Crippen LogP contribution in [0.1, 0.15) is 25.7 Å². The molecular formula is C13H17ClN2O2. The fourth-order valence-corrected chi connectivity index (χ4v) is 2.25. The van der Waals surface area contributed by atoms with Crippen LogP contribution in [0.4, 0.5) is 5.69 Å². The summed E-state index contributed by atoms with van der Waals surface area (Å²) >= 11 is 5.79. The predicted octanol–water partition coefficient (Wildman–Crippen LogP) is 2.52. The molecule has 2 rings (SSSR count). The van der Waals surface area contributed by atoms with Gasteiger partial charge in [-0.25, -0.2) is 0 Å². The number of rotatable bonds is 2. The van der Waals surface area contributed by atoms with E-state index in [2.05, 4.69) is 10.6 Å². The van der Waals surface area contributed by atoms with Crippen molar-refractivity contribution in [3.05, 3.63) is 23.2 Å². The first-order valence-electron chi connectivity index (χ1n) is 6.19. The third-order valence-corrected chi connectivity index (χ3v) is 3.39. The van der Waals surface area contributed by atoms with Gasteiger partial charge in [-0.3, -0.25) is 4.79 Å². The van der Waals surface area contributed by atoms with Crippen molar-refractivity contribution < 1.29 is 9.90 Å². The van der Waals surface area contributed by atoms with Gasteiger partial charge in [0, 0.05) is 5.69 Å². The molecule has 0 spiro atoms. The van der Waals surface area contributed by atoms with Gasteiger partial charge < -0.3 is 15.7 Å². The van der Waals surface area contributed by atoms with E-state index in [1.807, 2.05) is 0 Å². The summed E-state index contributed by atoms with van der Waals surface area (Å²) in [5.41, 5.74) is 0.605. The van der Waals surface area contributed by atoms with Crippen molar-refractivity contribution in [2.24, 2.45) is 0 Å². The van der Waals surface area contributed by atoms with Gasteiger partial charge in [-0.2, -0.15) is 0 Å². The zero-order valence-corrected chi connectivity index (χ0v) is 10.8. The van der Waals surface area contributed by atoms with E-state index in [9.17, 15) is 9.90 Å². The minimum Gasteiger partial charge on any atom is -0.506 e. The van der Waals surface area contributed by atoms with Crippen molar-refractivity contribution in [3.63, 3.8) is 0 Å². The number of carbonyl (C=O) groups is 1. The normalized spacial score (nSPS) is 20.2. The third kappa shape index (κ3) is 3.37. The average molecular weight is 269 g/mol.